The number of alkyl halides is 3. The van der Waals surface area contributed by atoms with Crippen LogP contribution in [-0.2, 0) is 15.7 Å². The van der Waals surface area contributed by atoms with Crippen molar-refractivity contribution in [3.05, 3.63) is 35.7 Å². The molecule has 1 aromatic carbocycles. The lowest BCUT2D eigenvalue weighted by molar-refractivity contribution is -0.156. The average molecular weight is 386 g/mol. The van der Waals surface area contributed by atoms with Gasteiger partial charge in [0.15, 0.2) is 5.72 Å². The van der Waals surface area contributed by atoms with E-state index in [1.165, 1.54) is 14.0 Å². The number of carbonyl (C=O) groups is 1. The van der Waals surface area contributed by atoms with E-state index in [0.717, 1.165) is 11.8 Å². The lowest BCUT2D eigenvalue weighted by atomic mass is 9.83. The zero-order valence-corrected chi connectivity index (χ0v) is 14.6. The standard InChI is InChI=1S/C16H17F3N4O4/c1-15(25)10(12(24)27-3)11(8-5-4-6-9(7-8)26-2)23-14(21-15)20-13(22-23)16(17,18)19/h4-7,10-11,25H,1-3H3,(H,20,21,22). The number of rotatable bonds is 3. The summed E-state index contributed by atoms with van der Waals surface area (Å²) in [6.45, 7) is 1.26. The molecule has 3 atom stereocenters. The third-order valence-electron chi connectivity index (χ3n) is 4.32. The third kappa shape index (κ3) is 3.29. The molecule has 11 heteroatoms. The maximum absolute atomic E-state index is 13.1. The highest BCUT2D eigenvalue weighted by atomic mass is 19.4. The van der Waals surface area contributed by atoms with Gasteiger partial charge in [0.25, 0.3) is 5.82 Å². The average Bonchev–Trinajstić information content (AvgIpc) is 3.02. The number of benzene rings is 1. The Morgan fingerprint density at radius 2 is 2.07 bits per heavy atom. The van der Waals surface area contributed by atoms with E-state index in [0.29, 0.717) is 11.3 Å². The molecular weight excluding hydrogens is 369 g/mol. The minimum Gasteiger partial charge on any atom is -0.497 e. The summed E-state index contributed by atoms with van der Waals surface area (Å²) in [5.41, 5.74) is -1.54. The van der Waals surface area contributed by atoms with Gasteiger partial charge in [-0.1, -0.05) is 12.1 Å². The summed E-state index contributed by atoms with van der Waals surface area (Å²) in [5, 5.41) is 16.7. The molecule has 0 radical (unpaired) electrons. The van der Waals surface area contributed by atoms with Crippen molar-refractivity contribution in [2.24, 2.45) is 5.92 Å². The normalized spacial score (nSPS) is 24.7. The number of carbonyl (C=O) groups excluding carboxylic acids is 1. The summed E-state index contributed by atoms with van der Waals surface area (Å²) in [6, 6.07) is 5.27. The molecule has 1 aromatic heterocycles. The molecule has 0 saturated carbocycles. The van der Waals surface area contributed by atoms with Crippen LogP contribution in [0, 0.1) is 5.92 Å². The van der Waals surface area contributed by atoms with Gasteiger partial charge in [0.2, 0.25) is 5.95 Å². The molecular formula is C16H17F3N4O4. The van der Waals surface area contributed by atoms with Crippen LogP contribution in [-0.4, -0.2) is 45.8 Å². The molecule has 3 unspecified atom stereocenters. The Bertz CT molecular complexity index is 866. The van der Waals surface area contributed by atoms with E-state index in [1.54, 1.807) is 24.3 Å². The fourth-order valence-electron chi connectivity index (χ4n) is 3.12. The second-order valence-corrected chi connectivity index (χ2v) is 6.20. The van der Waals surface area contributed by atoms with Gasteiger partial charge in [-0.05, 0) is 24.6 Å². The van der Waals surface area contributed by atoms with Gasteiger partial charge in [-0.2, -0.15) is 18.2 Å². The summed E-state index contributed by atoms with van der Waals surface area (Å²) < 4.78 is 50.1. The number of aliphatic hydroxyl groups is 1. The zero-order chi connectivity index (χ0) is 20.0. The molecule has 146 valence electrons. The fourth-order valence-corrected chi connectivity index (χ4v) is 3.12. The largest absolute Gasteiger partial charge is 0.497 e. The molecule has 3 rings (SSSR count). The van der Waals surface area contributed by atoms with Crippen LogP contribution in [0.1, 0.15) is 24.4 Å². The Morgan fingerprint density at radius 3 is 2.67 bits per heavy atom. The molecule has 0 aliphatic carbocycles. The van der Waals surface area contributed by atoms with Gasteiger partial charge in [-0.15, -0.1) is 5.10 Å². The van der Waals surface area contributed by atoms with Crippen molar-refractivity contribution in [2.45, 2.75) is 24.9 Å². The van der Waals surface area contributed by atoms with Gasteiger partial charge in [0, 0.05) is 0 Å². The molecule has 2 aromatic rings. The van der Waals surface area contributed by atoms with Crippen LogP contribution in [0.25, 0.3) is 0 Å². The Kier molecular flexibility index (Phi) is 4.50. The number of halogens is 3. The second-order valence-electron chi connectivity index (χ2n) is 6.20. The topological polar surface area (TPSA) is 98.5 Å². The summed E-state index contributed by atoms with van der Waals surface area (Å²) in [4.78, 5) is 15.8. The Balaban J connectivity index is 2.23. The Morgan fingerprint density at radius 1 is 1.37 bits per heavy atom. The van der Waals surface area contributed by atoms with Crippen molar-refractivity contribution in [1.29, 1.82) is 0 Å². The van der Waals surface area contributed by atoms with Crippen LogP contribution in [0.15, 0.2) is 24.3 Å². The molecule has 0 fully saturated rings. The number of methoxy groups -OCH3 is 2. The van der Waals surface area contributed by atoms with Crippen LogP contribution in [0.4, 0.5) is 19.1 Å². The van der Waals surface area contributed by atoms with E-state index in [4.69, 9.17) is 9.47 Å². The van der Waals surface area contributed by atoms with E-state index in [2.05, 4.69) is 15.4 Å². The number of nitrogens with zero attached hydrogens (tertiary/aromatic N) is 3. The lowest BCUT2D eigenvalue weighted by Crippen LogP contribution is -2.55. The smallest absolute Gasteiger partial charge is 0.453 e. The summed E-state index contributed by atoms with van der Waals surface area (Å²) in [7, 11) is 2.55. The highest BCUT2D eigenvalue weighted by molar-refractivity contribution is 5.76. The number of aromatic nitrogens is 3. The molecule has 0 amide bonds. The molecule has 8 nitrogen and oxygen atoms in total. The first kappa shape index (κ1) is 19.0. The fraction of sp³-hybridized carbons (Fsp3) is 0.438. The number of ether oxygens (including phenoxy) is 2. The zero-order valence-electron chi connectivity index (χ0n) is 14.6. The highest BCUT2D eigenvalue weighted by Gasteiger charge is 2.52. The molecule has 1 aliphatic rings. The van der Waals surface area contributed by atoms with Crippen LogP contribution in [0.3, 0.4) is 0 Å². The maximum Gasteiger partial charge on any atom is 0.453 e. The molecule has 1 aliphatic heterocycles. The number of anilines is 1. The minimum absolute atomic E-state index is 0.319. The molecule has 0 spiro atoms. The molecule has 0 bridgehead atoms. The van der Waals surface area contributed by atoms with Crippen molar-refractivity contribution in [3.63, 3.8) is 0 Å². The maximum atomic E-state index is 13.1. The van der Waals surface area contributed by atoms with Gasteiger partial charge in [-0.3, -0.25) is 4.79 Å². The molecule has 2 N–H and O–H groups in total. The van der Waals surface area contributed by atoms with Crippen molar-refractivity contribution >= 4 is 11.9 Å². The van der Waals surface area contributed by atoms with Crippen molar-refractivity contribution in [3.8, 4) is 5.75 Å². The number of esters is 1. The van der Waals surface area contributed by atoms with Crippen LogP contribution in [0.2, 0.25) is 0 Å². The Hall–Kier alpha value is -2.82. The van der Waals surface area contributed by atoms with Crippen LogP contribution >= 0.6 is 0 Å². The number of hydrogen-bond donors (Lipinski definition) is 2. The van der Waals surface area contributed by atoms with Crippen LogP contribution < -0.4 is 10.1 Å². The number of nitrogens with one attached hydrogen (secondary N) is 1. The molecule has 2 heterocycles. The van der Waals surface area contributed by atoms with E-state index in [9.17, 15) is 23.1 Å². The summed E-state index contributed by atoms with van der Waals surface area (Å²) >= 11 is 0. The molecule has 27 heavy (non-hydrogen) atoms. The monoisotopic (exact) mass is 386 g/mol. The van der Waals surface area contributed by atoms with Crippen molar-refractivity contribution in [2.75, 3.05) is 19.5 Å². The quantitative estimate of drug-likeness (QED) is 0.777. The minimum atomic E-state index is -4.79. The Labute approximate surface area is 151 Å². The first-order valence-corrected chi connectivity index (χ1v) is 7.84. The van der Waals surface area contributed by atoms with Crippen molar-refractivity contribution in [1.82, 2.24) is 14.8 Å². The van der Waals surface area contributed by atoms with E-state index in [1.807, 2.05) is 0 Å². The lowest BCUT2D eigenvalue weighted by Gasteiger charge is -2.41. The van der Waals surface area contributed by atoms with Gasteiger partial charge in [-0.25, -0.2) is 4.68 Å². The van der Waals surface area contributed by atoms with Gasteiger partial charge >= 0.3 is 12.1 Å². The second kappa shape index (κ2) is 6.41. The first-order valence-electron chi connectivity index (χ1n) is 7.84. The SMILES string of the molecule is COC(=O)C1C(c2cccc(OC)c2)n2nc(C(F)(F)F)nc2NC1(C)O. The van der Waals surface area contributed by atoms with Gasteiger partial charge in [0.1, 0.15) is 11.7 Å². The van der Waals surface area contributed by atoms with Gasteiger partial charge < -0.3 is 19.9 Å². The highest BCUT2D eigenvalue weighted by Crippen LogP contribution is 2.42. The van der Waals surface area contributed by atoms with Gasteiger partial charge in [0.05, 0.1) is 20.3 Å². The predicted molar refractivity (Wildman–Crippen MR) is 85.9 cm³/mol. The predicted octanol–water partition coefficient (Wildman–Crippen LogP) is 1.82. The van der Waals surface area contributed by atoms with Crippen molar-refractivity contribution < 1.29 is 32.5 Å². The van der Waals surface area contributed by atoms with E-state index >= 15 is 0 Å². The third-order valence-corrected chi connectivity index (χ3v) is 4.32. The summed E-state index contributed by atoms with van der Waals surface area (Å²) in [5.74, 6) is -3.41. The van der Waals surface area contributed by atoms with E-state index < -0.39 is 35.7 Å². The molecule has 0 saturated heterocycles. The number of hydrogen-bond acceptors (Lipinski definition) is 7. The number of fused-ring (bicyclic) bond motifs is 1. The van der Waals surface area contributed by atoms with E-state index in [-0.39, 0.29) is 5.95 Å². The summed E-state index contributed by atoms with van der Waals surface area (Å²) in [6.07, 6.45) is -4.79. The first-order chi connectivity index (χ1) is 12.6. The van der Waals surface area contributed by atoms with Crippen LogP contribution in [0.5, 0.6) is 5.75 Å².